The molecule has 216 valence electrons. The van der Waals surface area contributed by atoms with E-state index in [-0.39, 0.29) is 24.3 Å². The molecule has 0 radical (unpaired) electrons. The largest absolute Gasteiger partial charge is 0.374 e. The number of rotatable bonds is 10. The van der Waals surface area contributed by atoms with Crippen molar-refractivity contribution < 1.29 is 19.1 Å². The van der Waals surface area contributed by atoms with E-state index in [4.69, 9.17) is 10.5 Å². The predicted octanol–water partition coefficient (Wildman–Crippen LogP) is 3.32. The van der Waals surface area contributed by atoms with Crippen LogP contribution in [0.3, 0.4) is 0 Å². The fraction of sp³-hybridized carbons (Fsp3) is 0.531. The summed E-state index contributed by atoms with van der Waals surface area (Å²) in [6.45, 7) is 9.95. The Morgan fingerprint density at radius 2 is 1.75 bits per heavy atom. The predicted molar refractivity (Wildman–Crippen MR) is 155 cm³/mol. The van der Waals surface area contributed by atoms with E-state index in [1.54, 1.807) is 18.7 Å². The molecule has 2 aromatic carbocycles. The molecule has 2 saturated heterocycles. The van der Waals surface area contributed by atoms with E-state index >= 15 is 0 Å². The Morgan fingerprint density at radius 3 is 2.38 bits per heavy atom. The summed E-state index contributed by atoms with van der Waals surface area (Å²) in [5, 5.41) is 2.83. The highest BCUT2D eigenvalue weighted by molar-refractivity contribution is 5.93. The number of ether oxygens (including phenoxy) is 1. The highest BCUT2D eigenvalue weighted by Crippen LogP contribution is 2.49. The van der Waals surface area contributed by atoms with Crippen molar-refractivity contribution >= 4 is 17.7 Å². The zero-order valence-electron chi connectivity index (χ0n) is 24.3. The average molecular weight is 549 g/mol. The molecule has 3 atom stereocenters. The van der Waals surface area contributed by atoms with Crippen LogP contribution in [0.5, 0.6) is 0 Å². The van der Waals surface area contributed by atoms with Gasteiger partial charge in [-0.1, -0.05) is 74.5 Å². The van der Waals surface area contributed by atoms with Gasteiger partial charge in [-0.3, -0.25) is 14.4 Å². The number of piperidine rings is 1. The summed E-state index contributed by atoms with van der Waals surface area (Å²) in [6, 6.07) is 19.0. The van der Waals surface area contributed by atoms with E-state index < -0.39 is 22.9 Å². The van der Waals surface area contributed by atoms with Crippen molar-refractivity contribution in [3.8, 4) is 0 Å². The zero-order chi connectivity index (χ0) is 28.9. The van der Waals surface area contributed by atoms with Crippen LogP contribution in [0.25, 0.3) is 0 Å². The number of carbonyl (C=O) groups excluding carboxylic acids is 3. The molecule has 2 aromatic rings. The first-order valence-electron chi connectivity index (χ1n) is 14.4. The molecule has 8 nitrogen and oxygen atoms in total. The van der Waals surface area contributed by atoms with Crippen LogP contribution in [0.2, 0.25) is 0 Å². The Kier molecular flexibility index (Phi) is 9.31. The van der Waals surface area contributed by atoms with Crippen molar-refractivity contribution in [3.63, 3.8) is 0 Å². The van der Waals surface area contributed by atoms with E-state index in [1.807, 2.05) is 53.4 Å². The molecule has 2 aliphatic heterocycles. The molecule has 0 aromatic heterocycles. The van der Waals surface area contributed by atoms with Gasteiger partial charge >= 0.3 is 0 Å². The lowest BCUT2D eigenvalue weighted by Gasteiger charge is -2.43. The van der Waals surface area contributed by atoms with Gasteiger partial charge in [-0.15, -0.1) is 0 Å². The van der Waals surface area contributed by atoms with Crippen LogP contribution >= 0.6 is 0 Å². The van der Waals surface area contributed by atoms with Gasteiger partial charge in [-0.2, -0.15) is 0 Å². The number of amides is 3. The molecule has 2 aliphatic rings. The van der Waals surface area contributed by atoms with Crippen molar-refractivity contribution in [1.82, 2.24) is 15.1 Å². The number of likely N-dealkylation sites (tertiary alicyclic amines) is 2. The van der Waals surface area contributed by atoms with E-state index in [0.717, 1.165) is 17.5 Å². The van der Waals surface area contributed by atoms with Crippen LogP contribution in [0.1, 0.15) is 57.6 Å². The Balaban J connectivity index is 1.57. The summed E-state index contributed by atoms with van der Waals surface area (Å²) in [5.74, 6) is -0.218. The lowest BCUT2D eigenvalue weighted by molar-refractivity contribution is -0.147. The second-order valence-corrected chi connectivity index (χ2v) is 12.3. The highest BCUT2D eigenvalue weighted by atomic mass is 16.5. The van der Waals surface area contributed by atoms with Crippen molar-refractivity contribution in [2.75, 3.05) is 32.8 Å². The molecule has 0 saturated carbocycles. The third-order valence-electron chi connectivity index (χ3n) is 7.99. The third kappa shape index (κ3) is 6.73. The lowest BCUT2D eigenvalue weighted by Crippen LogP contribution is -2.60. The first kappa shape index (κ1) is 29.7. The number of nitrogens with zero attached hydrogens (tertiary/aromatic N) is 2. The van der Waals surface area contributed by atoms with Gasteiger partial charge in [0.25, 0.3) is 0 Å². The van der Waals surface area contributed by atoms with E-state index in [9.17, 15) is 14.4 Å². The molecule has 0 aliphatic carbocycles. The van der Waals surface area contributed by atoms with Gasteiger partial charge in [0.05, 0.1) is 24.2 Å². The van der Waals surface area contributed by atoms with Crippen LogP contribution in [0, 0.1) is 11.3 Å². The van der Waals surface area contributed by atoms with Crippen molar-refractivity contribution in [2.24, 2.45) is 17.1 Å². The molecule has 1 spiro atoms. The molecule has 4 rings (SSSR count). The minimum atomic E-state index is -1.15. The van der Waals surface area contributed by atoms with Gasteiger partial charge < -0.3 is 25.6 Å². The fourth-order valence-corrected chi connectivity index (χ4v) is 5.99. The smallest absolute Gasteiger partial charge is 0.247 e. The minimum absolute atomic E-state index is 0.00851. The second-order valence-electron chi connectivity index (χ2n) is 12.3. The van der Waals surface area contributed by atoms with Gasteiger partial charge in [0.15, 0.2) is 0 Å². The van der Waals surface area contributed by atoms with Crippen LogP contribution < -0.4 is 11.1 Å². The Morgan fingerprint density at radius 1 is 1.10 bits per heavy atom. The fourth-order valence-electron chi connectivity index (χ4n) is 5.99. The Labute approximate surface area is 238 Å². The van der Waals surface area contributed by atoms with Crippen molar-refractivity contribution in [3.05, 3.63) is 71.8 Å². The molecule has 0 bridgehead atoms. The Bertz CT molecular complexity index is 1160. The van der Waals surface area contributed by atoms with Crippen LogP contribution in [-0.4, -0.2) is 71.9 Å². The average Bonchev–Trinajstić information content (AvgIpc) is 3.18. The first-order valence-corrected chi connectivity index (χ1v) is 14.4. The molecule has 2 fully saturated rings. The summed E-state index contributed by atoms with van der Waals surface area (Å²) in [4.78, 5) is 44.7. The maximum atomic E-state index is 14.1. The monoisotopic (exact) mass is 548 g/mol. The standard InChI is InChI=1S/C32H44N4O4/c1-23(2)18-36-19-26(25-14-9-6-10-15-25)32(30(36)39)16-11-17-35(22-32)28(37)27(34-29(38)31(3,4)33)21-40-20-24-12-7-5-8-13-24/h5-10,12-15,23,26-27H,11,16-22,33H2,1-4H3,(H,34,38)/t26?,27-,32?/m1/s1. The SMILES string of the molecule is CC(C)CN1CC(c2ccccc2)C2(CCCN(C(=O)[C@@H](COCc3ccccc3)NC(=O)C(C)(C)N)C2)C1=O. The van der Waals surface area contributed by atoms with E-state index in [0.29, 0.717) is 45.1 Å². The summed E-state index contributed by atoms with van der Waals surface area (Å²) >= 11 is 0. The summed E-state index contributed by atoms with van der Waals surface area (Å²) in [5.41, 5.74) is 6.29. The van der Waals surface area contributed by atoms with Gasteiger partial charge in [0.1, 0.15) is 6.04 Å². The number of nitrogens with one attached hydrogen (secondary N) is 1. The Hall–Kier alpha value is -3.23. The van der Waals surface area contributed by atoms with Gasteiger partial charge in [-0.05, 0) is 43.7 Å². The van der Waals surface area contributed by atoms with E-state index in [2.05, 4.69) is 31.3 Å². The normalized spacial score (nSPS) is 22.1. The van der Waals surface area contributed by atoms with Gasteiger partial charge in [0.2, 0.25) is 17.7 Å². The molecule has 2 heterocycles. The minimum Gasteiger partial charge on any atom is -0.374 e. The number of hydrogen-bond acceptors (Lipinski definition) is 5. The number of benzene rings is 2. The number of hydrogen-bond donors (Lipinski definition) is 2. The van der Waals surface area contributed by atoms with Gasteiger partial charge in [0, 0.05) is 32.1 Å². The summed E-state index contributed by atoms with van der Waals surface area (Å²) in [6.07, 6.45) is 1.44. The number of nitrogens with two attached hydrogens (primary N) is 1. The van der Waals surface area contributed by atoms with Crippen LogP contribution in [0.4, 0.5) is 0 Å². The lowest BCUT2D eigenvalue weighted by atomic mass is 9.69. The molecule has 2 unspecified atom stereocenters. The van der Waals surface area contributed by atoms with Gasteiger partial charge in [-0.25, -0.2) is 0 Å². The quantitative estimate of drug-likeness (QED) is 0.474. The maximum absolute atomic E-state index is 14.1. The number of carbonyl (C=O) groups is 3. The third-order valence-corrected chi connectivity index (χ3v) is 7.99. The molecule has 40 heavy (non-hydrogen) atoms. The molecular weight excluding hydrogens is 504 g/mol. The second kappa shape index (κ2) is 12.5. The highest BCUT2D eigenvalue weighted by Gasteiger charge is 2.56. The summed E-state index contributed by atoms with van der Waals surface area (Å²) < 4.78 is 5.92. The maximum Gasteiger partial charge on any atom is 0.247 e. The molecule has 3 amide bonds. The summed E-state index contributed by atoms with van der Waals surface area (Å²) in [7, 11) is 0. The van der Waals surface area contributed by atoms with Crippen molar-refractivity contribution in [1.29, 1.82) is 0 Å². The molecule has 3 N–H and O–H groups in total. The van der Waals surface area contributed by atoms with Crippen LogP contribution in [0.15, 0.2) is 60.7 Å². The molecular formula is C32H44N4O4. The molecule has 8 heteroatoms. The van der Waals surface area contributed by atoms with E-state index in [1.165, 1.54) is 0 Å². The van der Waals surface area contributed by atoms with Crippen molar-refractivity contribution in [2.45, 2.75) is 64.6 Å². The first-order chi connectivity index (χ1) is 19.0. The topological polar surface area (TPSA) is 105 Å². The van der Waals surface area contributed by atoms with Crippen LogP contribution in [-0.2, 0) is 25.7 Å². The zero-order valence-corrected chi connectivity index (χ0v) is 24.3.